The van der Waals surface area contributed by atoms with Gasteiger partial charge in [-0.2, -0.15) is 0 Å². The molecule has 0 aliphatic carbocycles. The molecule has 0 radical (unpaired) electrons. The smallest absolute Gasteiger partial charge is 0.291 e. The lowest BCUT2D eigenvalue weighted by Gasteiger charge is -2.06. The molecule has 0 bridgehead atoms. The quantitative estimate of drug-likeness (QED) is 0.539. The van der Waals surface area contributed by atoms with Crippen molar-refractivity contribution in [2.45, 2.75) is 0 Å². The van der Waals surface area contributed by atoms with E-state index >= 15 is 0 Å². The van der Waals surface area contributed by atoms with Crippen LogP contribution in [0.15, 0.2) is 61.2 Å². The molecule has 0 amide bonds. The van der Waals surface area contributed by atoms with Crippen molar-refractivity contribution < 1.29 is 4.92 Å². The first-order valence-electron chi connectivity index (χ1n) is 5.95. The number of imidazole rings is 1. The Kier molecular flexibility index (Phi) is 2.96. The fourth-order valence-electron chi connectivity index (χ4n) is 1.94. The molecule has 0 saturated carbocycles. The van der Waals surface area contributed by atoms with Crippen molar-refractivity contribution in [3.8, 4) is 17.1 Å². The molecule has 20 heavy (non-hydrogen) atoms. The number of hydrogen-bond donors (Lipinski definition) is 0. The van der Waals surface area contributed by atoms with E-state index in [1.54, 1.807) is 41.5 Å². The van der Waals surface area contributed by atoms with Crippen molar-refractivity contribution in [2.75, 3.05) is 0 Å². The minimum Gasteiger partial charge on any atom is -0.291 e. The second kappa shape index (κ2) is 4.93. The second-order valence-corrected chi connectivity index (χ2v) is 4.13. The van der Waals surface area contributed by atoms with E-state index in [9.17, 15) is 10.1 Å². The highest BCUT2D eigenvalue weighted by Crippen LogP contribution is 2.28. The Morgan fingerprint density at radius 3 is 2.55 bits per heavy atom. The summed E-state index contributed by atoms with van der Waals surface area (Å²) in [5, 5.41) is 11.1. The number of benzene rings is 1. The first kappa shape index (κ1) is 12.0. The van der Waals surface area contributed by atoms with E-state index in [2.05, 4.69) is 9.97 Å². The number of aromatic nitrogens is 3. The van der Waals surface area contributed by atoms with Crippen molar-refractivity contribution in [2.24, 2.45) is 0 Å². The average Bonchev–Trinajstić information content (AvgIpc) is 3.02. The van der Waals surface area contributed by atoms with Crippen molar-refractivity contribution in [3.05, 3.63) is 71.3 Å². The minimum atomic E-state index is -0.424. The molecule has 2 aromatic heterocycles. The molecule has 6 nitrogen and oxygen atoms in total. The van der Waals surface area contributed by atoms with E-state index in [0.717, 1.165) is 0 Å². The molecule has 0 fully saturated rings. The molecule has 0 aliphatic heterocycles. The van der Waals surface area contributed by atoms with Gasteiger partial charge in [0.2, 0.25) is 0 Å². The lowest BCUT2D eigenvalue weighted by Crippen LogP contribution is -2.00. The van der Waals surface area contributed by atoms with Crippen LogP contribution in [0.25, 0.3) is 17.1 Å². The standard InChI is InChI=1S/C14H10N4O2/c19-18(20)12-6-7-13(17-9-8-15-10-17)16-14(12)11-4-2-1-3-5-11/h1-10H. The van der Waals surface area contributed by atoms with Gasteiger partial charge in [0.25, 0.3) is 5.69 Å². The predicted octanol–water partition coefficient (Wildman–Crippen LogP) is 2.84. The van der Waals surface area contributed by atoms with Gasteiger partial charge in [-0.1, -0.05) is 30.3 Å². The van der Waals surface area contributed by atoms with E-state index in [4.69, 9.17) is 0 Å². The van der Waals surface area contributed by atoms with Crippen molar-refractivity contribution in [1.82, 2.24) is 14.5 Å². The highest BCUT2D eigenvalue weighted by molar-refractivity contribution is 5.70. The SMILES string of the molecule is O=[N+]([O-])c1ccc(-n2ccnc2)nc1-c1ccccc1. The van der Waals surface area contributed by atoms with Gasteiger partial charge in [0, 0.05) is 24.0 Å². The Morgan fingerprint density at radius 2 is 1.90 bits per heavy atom. The van der Waals surface area contributed by atoms with Crippen LogP contribution in [0.2, 0.25) is 0 Å². The maximum atomic E-state index is 11.1. The van der Waals surface area contributed by atoms with Gasteiger partial charge in [0.05, 0.1) is 4.92 Å². The lowest BCUT2D eigenvalue weighted by atomic mass is 10.1. The molecular formula is C14H10N4O2. The summed E-state index contributed by atoms with van der Waals surface area (Å²) in [6.45, 7) is 0. The number of rotatable bonds is 3. The maximum absolute atomic E-state index is 11.1. The average molecular weight is 266 g/mol. The van der Waals surface area contributed by atoms with Crippen molar-refractivity contribution >= 4 is 5.69 Å². The first-order chi connectivity index (χ1) is 9.75. The van der Waals surface area contributed by atoms with Crippen LogP contribution in [0, 0.1) is 10.1 Å². The lowest BCUT2D eigenvalue weighted by molar-refractivity contribution is -0.384. The van der Waals surface area contributed by atoms with Crippen LogP contribution in [0.4, 0.5) is 5.69 Å². The highest BCUT2D eigenvalue weighted by Gasteiger charge is 2.17. The maximum Gasteiger partial charge on any atom is 0.295 e. The number of nitro groups is 1. The van der Waals surface area contributed by atoms with Gasteiger partial charge in [-0.15, -0.1) is 0 Å². The van der Waals surface area contributed by atoms with Crippen LogP contribution < -0.4 is 0 Å². The summed E-state index contributed by atoms with van der Waals surface area (Å²) in [7, 11) is 0. The summed E-state index contributed by atoms with van der Waals surface area (Å²) in [4.78, 5) is 19.1. The Bertz CT molecular complexity index is 739. The minimum absolute atomic E-state index is 0.0138. The van der Waals surface area contributed by atoms with E-state index in [1.165, 1.54) is 6.07 Å². The zero-order valence-electron chi connectivity index (χ0n) is 10.4. The molecule has 1 aromatic carbocycles. The molecule has 0 unspecified atom stereocenters. The van der Waals surface area contributed by atoms with Crippen molar-refractivity contribution in [1.29, 1.82) is 0 Å². The van der Waals surface area contributed by atoms with Gasteiger partial charge >= 0.3 is 0 Å². The van der Waals surface area contributed by atoms with Crippen LogP contribution in [-0.2, 0) is 0 Å². The Morgan fingerprint density at radius 1 is 1.10 bits per heavy atom. The normalized spacial score (nSPS) is 10.4. The molecule has 3 rings (SSSR count). The largest absolute Gasteiger partial charge is 0.295 e. The monoisotopic (exact) mass is 266 g/mol. The van der Waals surface area contributed by atoms with Gasteiger partial charge in [-0.25, -0.2) is 9.97 Å². The van der Waals surface area contributed by atoms with Gasteiger partial charge in [-0.05, 0) is 6.07 Å². The molecule has 2 heterocycles. The Balaban J connectivity index is 2.19. The summed E-state index contributed by atoms with van der Waals surface area (Å²) < 4.78 is 1.70. The number of pyridine rings is 1. The summed E-state index contributed by atoms with van der Waals surface area (Å²) in [5.74, 6) is 0.590. The third-order valence-electron chi connectivity index (χ3n) is 2.87. The molecule has 3 aromatic rings. The molecule has 0 spiro atoms. The second-order valence-electron chi connectivity index (χ2n) is 4.13. The molecule has 0 atom stereocenters. The van der Waals surface area contributed by atoms with Gasteiger partial charge in [0.1, 0.15) is 12.1 Å². The summed E-state index contributed by atoms with van der Waals surface area (Å²) >= 11 is 0. The van der Waals surface area contributed by atoms with Crippen LogP contribution in [-0.4, -0.2) is 19.5 Å². The number of nitrogens with zero attached hydrogens (tertiary/aromatic N) is 4. The third-order valence-corrected chi connectivity index (χ3v) is 2.87. The fraction of sp³-hybridized carbons (Fsp3) is 0. The Hall–Kier alpha value is -3.02. The molecule has 0 N–H and O–H groups in total. The van der Waals surface area contributed by atoms with E-state index < -0.39 is 4.92 Å². The summed E-state index contributed by atoms with van der Waals surface area (Å²) in [6, 6.07) is 12.2. The van der Waals surface area contributed by atoms with E-state index in [1.807, 2.05) is 18.2 Å². The topological polar surface area (TPSA) is 73.8 Å². The van der Waals surface area contributed by atoms with Crippen LogP contribution in [0.1, 0.15) is 0 Å². The van der Waals surface area contributed by atoms with Gasteiger partial charge in [0.15, 0.2) is 5.69 Å². The summed E-state index contributed by atoms with van der Waals surface area (Å²) in [6.07, 6.45) is 4.97. The van der Waals surface area contributed by atoms with E-state index in [-0.39, 0.29) is 5.69 Å². The fourth-order valence-corrected chi connectivity index (χ4v) is 1.94. The summed E-state index contributed by atoms with van der Waals surface area (Å²) in [5.41, 5.74) is 1.04. The first-order valence-corrected chi connectivity index (χ1v) is 5.95. The molecular weight excluding hydrogens is 256 g/mol. The zero-order chi connectivity index (χ0) is 13.9. The van der Waals surface area contributed by atoms with Crippen molar-refractivity contribution in [3.63, 3.8) is 0 Å². The molecule has 6 heteroatoms. The van der Waals surface area contributed by atoms with E-state index in [0.29, 0.717) is 17.1 Å². The van der Waals surface area contributed by atoms with Crippen LogP contribution in [0.3, 0.4) is 0 Å². The highest BCUT2D eigenvalue weighted by atomic mass is 16.6. The Labute approximate surface area is 114 Å². The molecule has 98 valence electrons. The van der Waals surface area contributed by atoms with Crippen LogP contribution in [0.5, 0.6) is 0 Å². The predicted molar refractivity (Wildman–Crippen MR) is 73.4 cm³/mol. The van der Waals surface area contributed by atoms with Gasteiger partial charge in [-0.3, -0.25) is 14.7 Å². The molecule has 0 saturated heterocycles. The van der Waals surface area contributed by atoms with Crippen LogP contribution >= 0.6 is 0 Å². The zero-order valence-corrected chi connectivity index (χ0v) is 10.4. The molecule has 0 aliphatic rings. The third kappa shape index (κ3) is 2.14. The van der Waals surface area contributed by atoms with Gasteiger partial charge < -0.3 is 0 Å². The number of hydrogen-bond acceptors (Lipinski definition) is 4.